The number of hydrogen-bond donors (Lipinski definition) is 0. The predicted molar refractivity (Wildman–Crippen MR) is 353 cm³/mol. The molecule has 0 heterocycles. The van der Waals surface area contributed by atoms with Crippen molar-refractivity contribution in [3.8, 4) is 0 Å². The third-order valence-electron chi connectivity index (χ3n) is 14.4. The summed E-state index contributed by atoms with van der Waals surface area (Å²) in [6.45, 7) is 6.49. The van der Waals surface area contributed by atoms with Crippen LogP contribution in [0.2, 0.25) is 0 Å². The van der Waals surface area contributed by atoms with E-state index in [4.69, 9.17) is 14.2 Å². The Labute approximate surface area is 501 Å². The lowest BCUT2D eigenvalue weighted by atomic mass is 10.1. The molecule has 6 nitrogen and oxygen atoms in total. The number of carbonyl (C=O) groups excluding carboxylic acids is 3. The SMILES string of the molecule is CC/C=C\C/C=C\C/C=C\C/C=C\CCCCCCCCC(=O)OC(COC(=O)CCCCCCCC/C=C\C/C=C\C/C=C\CCCCC)COC(=O)CCCCCCCCCCCC/C=C\C/C=C\C/C=C\CCCCCCC. The molecule has 0 aromatic heterocycles. The maximum absolute atomic E-state index is 12.9. The van der Waals surface area contributed by atoms with Crippen LogP contribution in [0.5, 0.6) is 0 Å². The third kappa shape index (κ3) is 66.5. The Balaban J connectivity index is 4.43. The van der Waals surface area contributed by atoms with Crippen molar-refractivity contribution in [2.45, 2.75) is 322 Å². The van der Waals surface area contributed by atoms with Crippen LogP contribution in [-0.4, -0.2) is 37.2 Å². The molecule has 0 aliphatic rings. The molecule has 0 aliphatic heterocycles. The molecular formula is C75H126O6. The van der Waals surface area contributed by atoms with Crippen LogP contribution in [0, 0.1) is 0 Å². The normalized spacial score (nSPS) is 12.9. The van der Waals surface area contributed by atoms with Gasteiger partial charge in [-0.25, -0.2) is 0 Å². The van der Waals surface area contributed by atoms with Gasteiger partial charge in [0, 0.05) is 19.3 Å². The standard InChI is InChI=1S/C75H126O6/c1-4-7-10-13-16-19-22-25-28-31-34-35-36-37-38-39-42-44-47-50-53-56-59-62-65-68-74(77)80-71-72(81-75(78)69-66-63-60-57-54-51-48-45-41-33-30-27-24-21-18-15-12-9-6-3)70-79-73(76)67-64-61-58-55-52-49-46-43-40-32-29-26-23-20-17-14-11-8-5-2/h9,12,17-18,20-22,25-27,29-31,34,36-37,40-41,43,45,72H,4-8,10-11,13-16,19,23-24,28,32-33,35,38-39,42,44,46-71H2,1-3H3/b12-9-,20-17-,21-18-,25-22-,29-26-,30-27-,34-31-,37-36-,43-40-,45-41-. The number of rotatable bonds is 61. The lowest BCUT2D eigenvalue weighted by Gasteiger charge is -2.18. The first-order chi connectivity index (χ1) is 40.0. The molecule has 0 radical (unpaired) electrons. The molecule has 0 saturated carbocycles. The quantitative estimate of drug-likeness (QED) is 0.0261. The van der Waals surface area contributed by atoms with Crippen molar-refractivity contribution in [1.82, 2.24) is 0 Å². The van der Waals surface area contributed by atoms with Crippen LogP contribution in [0.1, 0.15) is 316 Å². The number of allylic oxidation sites excluding steroid dienone is 20. The Kier molecular flexibility index (Phi) is 64.8. The number of esters is 3. The van der Waals surface area contributed by atoms with Crippen molar-refractivity contribution in [1.29, 1.82) is 0 Å². The molecule has 0 rings (SSSR count). The molecule has 1 unspecified atom stereocenters. The highest BCUT2D eigenvalue weighted by molar-refractivity contribution is 5.71. The lowest BCUT2D eigenvalue weighted by molar-refractivity contribution is -0.167. The summed E-state index contributed by atoms with van der Waals surface area (Å²) in [5.74, 6) is -0.915. The van der Waals surface area contributed by atoms with Gasteiger partial charge in [-0.2, -0.15) is 0 Å². The van der Waals surface area contributed by atoms with E-state index in [0.717, 1.165) is 128 Å². The van der Waals surface area contributed by atoms with Crippen LogP contribution >= 0.6 is 0 Å². The van der Waals surface area contributed by atoms with Crippen LogP contribution in [0.3, 0.4) is 0 Å². The maximum Gasteiger partial charge on any atom is 0.306 e. The molecule has 0 bridgehead atoms. The van der Waals surface area contributed by atoms with Gasteiger partial charge in [-0.05, 0) is 135 Å². The molecule has 0 saturated heterocycles. The van der Waals surface area contributed by atoms with Crippen LogP contribution < -0.4 is 0 Å². The number of unbranched alkanes of at least 4 members (excludes halogenated alkanes) is 30. The van der Waals surface area contributed by atoms with Gasteiger partial charge in [-0.15, -0.1) is 0 Å². The largest absolute Gasteiger partial charge is 0.462 e. The summed E-state index contributed by atoms with van der Waals surface area (Å²) in [7, 11) is 0. The monoisotopic (exact) mass is 1120 g/mol. The fraction of sp³-hybridized carbons (Fsp3) is 0.693. The first-order valence-electron chi connectivity index (χ1n) is 34.0. The summed E-state index contributed by atoms with van der Waals surface area (Å²) >= 11 is 0. The minimum Gasteiger partial charge on any atom is -0.462 e. The lowest BCUT2D eigenvalue weighted by Crippen LogP contribution is -2.30. The van der Waals surface area contributed by atoms with Crippen LogP contribution in [-0.2, 0) is 28.6 Å². The van der Waals surface area contributed by atoms with Crippen molar-refractivity contribution < 1.29 is 28.6 Å². The fourth-order valence-electron chi connectivity index (χ4n) is 9.33. The molecule has 1 atom stereocenters. The molecule has 0 spiro atoms. The maximum atomic E-state index is 12.9. The first-order valence-corrected chi connectivity index (χ1v) is 34.0. The number of ether oxygens (including phenoxy) is 3. The molecule has 0 amide bonds. The Morgan fingerprint density at radius 1 is 0.259 bits per heavy atom. The zero-order valence-corrected chi connectivity index (χ0v) is 53.0. The minimum atomic E-state index is -0.799. The summed E-state index contributed by atoms with van der Waals surface area (Å²) in [6, 6.07) is 0. The van der Waals surface area contributed by atoms with Gasteiger partial charge >= 0.3 is 17.9 Å². The second kappa shape index (κ2) is 68.3. The van der Waals surface area contributed by atoms with Gasteiger partial charge in [0.1, 0.15) is 13.2 Å². The summed E-state index contributed by atoms with van der Waals surface area (Å²) in [4.78, 5) is 38.4. The van der Waals surface area contributed by atoms with Gasteiger partial charge in [0.2, 0.25) is 0 Å². The summed E-state index contributed by atoms with van der Waals surface area (Å²) in [5.41, 5.74) is 0. The average Bonchev–Trinajstić information content (AvgIpc) is 3.47. The second-order valence-corrected chi connectivity index (χ2v) is 22.3. The van der Waals surface area contributed by atoms with Crippen molar-refractivity contribution in [2.75, 3.05) is 13.2 Å². The Morgan fingerprint density at radius 2 is 0.481 bits per heavy atom. The van der Waals surface area contributed by atoms with Gasteiger partial charge in [-0.1, -0.05) is 284 Å². The van der Waals surface area contributed by atoms with E-state index < -0.39 is 6.10 Å². The molecular weight excluding hydrogens is 997 g/mol. The van der Waals surface area contributed by atoms with Crippen molar-refractivity contribution in [3.05, 3.63) is 122 Å². The van der Waals surface area contributed by atoms with Gasteiger partial charge < -0.3 is 14.2 Å². The topological polar surface area (TPSA) is 78.9 Å². The zero-order valence-electron chi connectivity index (χ0n) is 53.0. The smallest absolute Gasteiger partial charge is 0.306 e. The van der Waals surface area contributed by atoms with Gasteiger partial charge in [-0.3, -0.25) is 14.4 Å². The predicted octanol–water partition coefficient (Wildman–Crippen LogP) is 23.6. The number of carbonyl (C=O) groups is 3. The molecule has 81 heavy (non-hydrogen) atoms. The van der Waals surface area contributed by atoms with Crippen molar-refractivity contribution >= 4 is 17.9 Å². The molecule has 6 heteroatoms. The fourth-order valence-corrected chi connectivity index (χ4v) is 9.33. The van der Waals surface area contributed by atoms with E-state index in [9.17, 15) is 14.4 Å². The van der Waals surface area contributed by atoms with Gasteiger partial charge in [0.25, 0.3) is 0 Å². The summed E-state index contributed by atoms with van der Waals surface area (Å²) in [5, 5.41) is 0. The highest BCUT2D eigenvalue weighted by Gasteiger charge is 2.19. The molecule has 462 valence electrons. The van der Waals surface area contributed by atoms with E-state index in [-0.39, 0.29) is 31.1 Å². The van der Waals surface area contributed by atoms with E-state index in [1.807, 2.05) is 0 Å². The van der Waals surface area contributed by atoms with Crippen molar-refractivity contribution in [2.24, 2.45) is 0 Å². The van der Waals surface area contributed by atoms with Crippen molar-refractivity contribution in [3.63, 3.8) is 0 Å². The summed E-state index contributed by atoms with van der Waals surface area (Å²) in [6.07, 6.45) is 94.9. The van der Waals surface area contributed by atoms with E-state index in [1.54, 1.807) is 0 Å². The highest BCUT2D eigenvalue weighted by Crippen LogP contribution is 2.16. The molecule has 0 aliphatic carbocycles. The number of hydrogen-bond acceptors (Lipinski definition) is 6. The zero-order chi connectivity index (χ0) is 58.5. The van der Waals surface area contributed by atoms with Crippen LogP contribution in [0.15, 0.2) is 122 Å². The highest BCUT2D eigenvalue weighted by atomic mass is 16.6. The molecule has 0 fully saturated rings. The average molecular weight is 1120 g/mol. The van der Waals surface area contributed by atoms with E-state index in [1.165, 1.54) is 148 Å². The molecule has 0 aromatic rings. The second-order valence-electron chi connectivity index (χ2n) is 22.3. The van der Waals surface area contributed by atoms with E-state index in [0.29, 0.717) is 19.3 Å². The van der Waals surface area contributed by atoms with E-state index in [2.05, 4.69) is 142 Å². The van der Waals surface area contributed by atoms with E-state index >= 15 is 0 Å². The Morgan fingerprint density at radius 3 is 0.778 bits per heavy atom. The third-order valence-corrected chi connectivity index (χ3v) is 14.4. The summed E-state index contributed by atoms with van der Waals surface area (Å²) < 4.78 is 17.0. The van der Waals surface area contributed by atoms with Crippen LogP contribution in [0.25, 0.3) is 0 Å². The Hall–Kier alpha value is -4.19. The van der Waals surface area contributed by atoms with Gasteiger partial charge in [0.15, 0.2) is 6.10 Å². The minimum absolute atomic E-state index is 0.0923. The molecule has 0 aromatic carbocycles. The van der Waals surface area contributed by atoms with Crippen LogP contribution in [0.4, 0.5) is 0 Å². The van der Waals surface area contributed by atoms with Gasteiger partial charge in [0.05, 0.1) is 0 Å². The molecule has 0 N–H and O–H groups in total. The first kappa shape index (κ1) is 76.8. The Bertz CT molecular complexity index is 1670.